The van der Waals surface area contributed by atoms with Crippen molar-refractivity contribution in [1.29, 1.82) is 0 Å². The lowest BCUT2D eigenvalue weighted by atomic mass is 10.3. The highest BCUT2D eigenvalue weighted by Gasteiger charge is 2.07. The van der Waals surface area contributed by atoms with E-state index >= 15 is 0 Å². The maximum Gasteiger partial charge on any atom is 0.262 e. The molecule has 0 saturated heterocycles. The summed E-state index contributed by atoms with van der Waals surface area (Å²) >= 11 is 1.42. The zero-order chi connectivity index (χ0) is 18.4. The SMILES string of the molecule is COc1ccc(OCCNC(=O)CCn2cnc3sccc3c2=O)cc1. The van der Waals surface area contributed by atoms with Crippen molar-refractivity contribution < 1.29 is 14.3 Å². The van der Waals surface area contributed by atoms with Gasteiger partial charge in [-0.2, -0.15) is 0 Å². The molecule has 0 unspecified atom stereocenters. The largest absolute Gasteiger partial charge is 0.497 e. The number of fused-ring (bicyclic) bond motifs is 1. The van der Waals surface area contributed by atoms with E-state index in [1.54, 1.807) is 25.3 Å². The topological polar surface area (TPSA) is 82.4 Å². The maximum atomic E-state index is 12.2. The lowest BCUT2D eigenvalue weighted by Crippen LogP contribution is -2.30. The molecule has 0 radical (unpaired) electrons. The number of methoxy groups -OCH3 is 1. The fourth-order valence-corrected chi connectivity index (χ4v) is 3.12. The van der Waals surface area contributed by atoms with Crippen LogP contribution in [0.4, 0.5) is 0 Å². The number of rotatable bonds is 8. The second-order valence-corrected chi connectivity index (χ2v) is 6.40. The smallest absolute Gasteiger partial charge is 0.262 e. The third kappa shape index (κ3) is 4.40. The van der Waals surface area contributed by atoms with Crippen LogP contribution in [0.25, 0.3) is 10.2 Å². The Bertz CT molecular complexity index is 934. The highest BCUT2D eigenvalue weighted by molar-refractivity contribution is 7.16. The number of thiophene rings is 1. The highest BCUT2D eigenvalue weighted by atomic mass is 32.1. The van der Waals surface area contributed by atoms with Gasteiger partial charge in [-0.1, -0.05) is 0 Å². The molecule has 0 bridgehead atoms. The van der Waals surface area contributed by atoms with Crippen LogP contribution in [0, 0.1) is 0 Å². The van der Waals surface area contributed by atoms with Crippen molar-refractivity contribution in [3.63, 3.8) is 0 Å². The van der Waals surface area contributed by atoms with E-state index in [4.69, 9.17) is 9.47 Å². The van der Waals surface area contributed by atoms with Gasteiger partial charge in [0.25, 0.3) is 5.56 Å². The number of nitrogens with one attached hydrogen (secondary N) is 1. The Labute approximate surface area is 154 Å². The zero-order valence-corrected chi connectivity index (χ0v) is 15.1. The number of aryl methyl sites for hydroxylation is 1. The number of aromatic nitrogens is 2. The summed E-state index contributed by atoms with van der Waals surface area (Å²) in [5, 5.41) is 5.20. The van der Waals surface area contributed by atoms with Gasteiger partial charge in [-0.25, -0.2) is 4.98 Å². The number of nitrogens with zero attached hydrogens (tertiary/aromatic N) is 2. The first kappa shape index (κ1) is 17.9. The van der Waals surface area contributed by atoms with Gasteiger partial charge in [0.2, 0.25) is 5.91 Å². The lowest BCUT2D eigenvalue weighted by molar-refractivity contribution is -0.121. The molecule has 2 aromatic heterocycles. The summed E-state index contributed by atoms with van der Waals surface area (Å²) in [6.07, 6.45) is 1.70. The summed E-state index contributed by atoms with van der Waals surface area (Å²) in [7, 11) is 1.61. The molecule has 136 valence electrons. The monoisotopic (exact) mass is 373 g/mol. The van der Waals surface area contributed by atoms with Crippen molar-refractivity contribution in [2.45, 2.75) is 13.0 Å². The van der Waals surface area contributed by atoms with E-state index in [2.05, 4.69) is 10.3 Å². The molecular formula is C18H19N3O4S. The summed E-state index contributed by atoms with van der Waals surface area (Å²) in [4.78, 5) is 29.1. The molecule has 26 heavy (non-hydrogen) atoms. The summed E-state index contributed by atoms with van der Waals surface area (Å²) in [6, 6.07) is 8.98. The van der Waals surface area contributed by atoms with Gasteiger partial charge in [0, 0.05) is 13.0 Å². The Morgan fingerprint density at radius 1 is 1.23 bits per heavy atom. The van der Waals surface area contributed by atoms with Crippen LogP contribution in [0.3, 0.4) is 0 Å². The van der Waals surface area contributed by atoms with Crippen molar-refractivity contribution in [3.05, 3.63) is 52.4 Å². The molecule has 3 rings (SSSR count). The number of ether oxygens (including phenoxy) is 2. The average molecular weight is 373 g/mol. The van der Waals surface area contributed by atoms with Gasteiger partial charge in [0.05, 0.1) is 25.4 Å². The third-order valence-electron chi connectivity index (χ3n) is 3.78. The van der Waals surface area contributed by atoms with Crippen LogP contribution < -0.4 is 20.3 Å². The van der Waals surface area contributed by atoms with Crippen molar-refractivity contribution >= 4 is 27.5 Å². The first-order valence-electron chi connectivity index (χ1n) is 8.13. The van der Waals surface area contributed by atoms with E-state index in [9.17, 15) is 9.59 Å². The molecule has 1 N–H and O–H groups in total. The molecular weight excluding hydrogens is 354 g/mol. The van der Waals surface area contributed by atoms with Gasteiger partial charge in [-0.05, 0) is 35.7 Å². The van der Waals surface area contributed by atoms with Crippen LogP contribution in [0.15, 0.2) is 46.8 Å². The number of benzene rings is 1. The van der Waals surface area contributed by atoms with Crippen LogP contribution in [-0.4, -0.2) is 35.7 Å². The van der Waals surface area contributed by atoms with Crippen molar-refractivity contribution in [3.8, 4) is 11.5 Å². The fraction of sp³-hybridized carbons (Fsp3) is 0.278. The minimum absolute atomic E-state index is 0.119. The van der Waals surface area contributed by atoms with Gasteiger partial charge < -0.3 is 14.8 Å². The highest BCUT2D eigenvalue weighted by Crippen LogP contribution is 2.16. The van der Waals surface area contributed by atoms with Gasteiger partial charge in [0.15, 0.2) is 0 Å². The summed E-state index contributed by atoms with van der Waals surface area (Å²) < 4.78 is 12.1. The van der Waals surface area contributed by atoms with Crippen LogP contribution in [0.5, 0.6) is 11.5 Å². The normalized spacial score (nSPS) is 10.7. The molecule has 0 atom stereocenters. The van der Waals surface area contributed by atoms with Gasteiger partial charge in [0.1, 0.15) is 22.9 Å². The molecule has 0 aliphatic heterocycles. The molecule has 1 amide bonds. The quantitative estimate of drug-likeness (QED) is 0.611. The van der Waals surface area contributed by atoms with E-state index in [0.29, 0.717) is 35.7 Å². The first-order valence-corrected chi connectivity index (χ1v) is 9.01. The molecule has 0 aliphatic rings. The molecule has 0 spiro atoms. The number of carbonyl (C=O) groups is 1. The van der Waals surface area contributed by atoms with E-state index in [1.807, 2.05) is 17.5 Å². The summed E-state index contributed by atoms with van der Waals surface area (Å²) in [5.41, 5.74) is -0.119. The first-order chi connectivity index (χ1) is 12.7. The number of amides is 1. The minimum Gasteiger partial charge on any atom is -0.497 e. The Morgan fingerprint density at radius 3 is 2.77 bits per heavy atom. The van der Waals surface area contributed by atoms with E-state index in [0.717, 1.165) is 5.75 Å². The molecule has 3 aromatic rings. The molecule has 7 nitrogen and oxygen atoms in total. The number of hydrogen-bond donors (Lipinski definition) is 1. The van der Waals surface area contributed by atoms with Crippen LogP contribution in [-0.2, 0) is 11.3 Å². The Balaban J connectivity index is 1.41. The summed E-state index contributed by atoms with van der Waals surface area (Å²) in [5.74, 6) is 1.33. The van der Waals surface area contributed by atoms with Crippen molar-refractivity contribution in [2.24, 2.45) is 0 Å². The Morgan fingerprint density at radius 2 is 2.00 bits per heavy atom. The molecule has 8 heteroatoms. The van der Waals surface area contributed by atoms with Crippen molar-refractivity contribution in [2.75, 3.05) is 20.3 Å². The molecule has 1 aromatic carbocycles. The van der Waals surface area contributed by atoms with Crippen LogP contribution >= 0.6 is 11.3 Å². The predicted molar refractivity (Wildman–Crippen MR) is 100.0 cm³/mol. The van der Waals surface area contributed by atoms with E-state index in [-0.39, 0.29) is 17.9 Å². The van der Waals surface area contributed by atoms with Crippen LogP contribution in [0.1, 0.15) is 6.42 Å². The Kier molecular flexibility index (Phi) is 5.85. The lowest BCUT2D eigenvalue weighted by Gasteiger charge is -2.09. The second-order valence-electron chi connectivity index (χ2n) is 5.51. The number of carbonyl (C=O) groups excluding carboxylic acids is 1. The molecule has 2 heterocycles. The molecule has 0 fully saturated rings. The fourth-order valence-electron chi connectivity index (χ4n) is 2.39. The molecule has 0 aliphatic carbocycles. The standard InChI is InChI=1S/C18H19N3O4S/c1-24-13-2-4-14(5-3-13)25-10-8-19-16(22)6-9-21-12-20-17-15(18(21)23)7-11-26-17/h2-5,7,11-12H,6,8-10H2,1H3,(H,19,22). The van der Waals surface area contributed by atoms with Crippen molar-refractivity contribution in [1.82, 2.24) is 14.9 Å². The Hall–Kier alpha value is -2.87. The van der Waals surface area contributed by atoms with Crippen LogP contribution in [0.2, 0.25) is 0 Å². The van der Waals surface area contributed by atoms with E-state index < -0.39 is 0 Å². The van der Waals surface area contributed by atoms with Gasteiger partial charge in [-0.15, -0.1) is 11.3 Å². The number of hydrogen-bond acceptors (Lipinski definition) is 6. The minimum atomic E-state index is -0.138. The second kappa shape index (κ2) is 8.48. The summed E-state index contributed by atoms with van der Waals surface area (Å²) in [6.45, 7) is 1.05. The maximum absolute atomic E-state index is 12.2. The third-order valence-corrected chi connectivity index (χ3v) is 4.60. The van der Waals surface area contributed by atoms with E-state index in [1.165, 1.54) is 22.2 Å². The molecule has 0 saturated carbocycles. The van der Waals surface area contributed by atoms with Gasteiger partial charge >= 0.3 is 0 Å². The average Bonchev–Trinajstić information content (AvgIpc) is 3.15. The predicted octanol–water partition coefficient (Wildman–Crippen LogP) is 2.05. The van der Waals surface area contributed by atoms with Gasteiger partial charge in [-0.3, -0.25) is 14.2 Å². The zero-order valence-electron chi connectivity index (χ0n) is 14.3.